The van der Waals surface area contributed by atoms with Gasteiger partial charge < -0.3 is 8.83 Å². The highest BCUT2D eigenvalue weighted by Crippen LogP contribution is 2.44. The molecule has 0 fully saturated rings. The van der Waals surface area contributed by atoms with Crippen molar-refractivity contribution in [3.05, 3.63) is 229 Å². The van der Waals surface area contributed by atoms with Gasteiger partial charge in [0.05, 0.1) is 6.54 Å². The summed E-state index contributed by atoms with van der Waals surface area (Å²) in [6.45, 7) is 4.54. The molecule has 14 rings (SSSR count). The number of amidine groups is 2. The van der Waals surface area contributed by atoms with Crippen LogP contribution in [0.15, 0.2) is 236 Å². The van der Waals surface area contributed by atoms with Crippen LogP contribution in [-0.4, -0.2) is 18.4 Å². The quantitative estimate of drug-likeness (QED) is 0.0948. The van der Waals surface area contributed by atoms with Crippen LogP contribution in [0.2, 0.25) is 0 Å². The lowest BCUT2D eigenvalue weighted by Gasteiger charge is -2.12. The van der Waals surface area contributed by atoms with Crippen molar-refractivity contribution in [1.29, 1.82) is 0 Å². The molecule has 0 atom stereocenters. The maximum Gasteiger partial charge on any atom is 0.161 e. The van der Waals surface area contributed by atoms with Gasteiger partial charge in [-0.15, -0.1) is 11.3 Å². The molecule has 3 aromatic heterocycles. The molecule has 0 radical (unpaired) electrons. The second kappa shape index (κ2) is 16.1. The molecular weight excluding hydrogens is 875 g/mol. The van der Waals surface area contributed by atoms with Crippen molar-refractivity contribution in [2.75, 3.05) is 0 Å². The van der Waals surface area contributed by atoms with Crippen molar-refractivity contribution in [3.63, 3.8) is 0 Å². The number of fused-ring (bicyclic) bond motifs is 15. The Kier molecular flexibility index (Phi) is 9.22. The number of hydrogen-bond acceptors (Lipinski definition) is 4. The van der Waals surface area contributed by atoms with Crippen LogP contribution in [0.3, 0.4) is 0 Å². The molecule has 0 saturated carbocycles. The zero-order valence-corrected chi connectivity index (χ0v) is 38.5. The van der Waals surface area contributed by atoms with Crippen molar-refractivity contribution < 1.29 is 8.83 Å². The number of furan rings is 2. The standard InChI is InChI=1S/C64H39N3O2S/c1-65-64(67-63(66-37-38-14-3-2-4-15-38)41-29-31-48-46-18-6-5-16-44(46)45-17-7-8-19-47(45)53(48)35-41)52-24-13-25-56-61(52)54-34-39(30-33-55(54)68-56)42-21-12-26-57-60(42)51-23-11-22-43(62(51)69-57)40-28-32-50-49-20-9-10-27-58(49)70-59(50)36-40/h2-36H,1,37H2. The fourth-order valence-electron chi connectivity index (χ4n) is 10.7. The van der Waals surface area contributed by atoms with Gasteiger partial charge in [0, 0.05) is 58.4 Å². The third kappa shape index (κ3) is 6.42. The maximum atomic E-state index is 6.80. The minimum Gasteiger partial charge on any atom is -0.456 e. The molecule has 11 aromatic carbocycles. The van der Waals surface area contributed by atoms with Gasteiger partial charge in [-0.3, -0.25) is 4.99 Å². The highest BCUT2D eigenvalue weighted by atomic mass is 32.1. The van der Waals surface area contributed by atoms with E-state index in [1.54, 1.807) is 0 Å². The van der Waals surface area contributed by atoms with E-state index in [4.69, 9.17) is 18.8 Å². The zero-order valence-electron chi connectivity index (χ0n) is 37.7. The Balaban J connectivity index is 0.911. The molecule has 6 heteroatoms. The Morgan fingerprint density at radius 2 is 1.03 bits per heavy atom. The van der Waals surface area contributed by atoms with E-state index in [-0.39, 0.29) is 0 Å². The zero-order chi connectivity index (χ0) is 46.3. The van der Waals surface area contributed by atoms with Gasteiger partial charge in [0.25, 0.3) is 0 Å². The Morgan fingerprint density at radius 1 is 0.414 bits per heavy atom. The molecule has 328 valence electrons. The first kappa shape index (κ1) is 40.1. The summed E-state index contributed by atoms with van der Waals surface area (Å²) in [6.07, 6.45) is 0. The van der Waals surface area contributed by atoms with Gasteiger partial charge in [-0.25, -0.2) is 9.98 Å². The lowest BCUT2D eigenvalue weighted by molar-refractivity contribution is 0.669. The van der Waals surface area contributed by atoms with Gasteiger partial charge in [0.2, 0.25) is 0 Å². The second-order valence-electron chi connectivity index (χ2n) is 17.8. The van der Waals surface area contributed by atoms with Crippen LogP contribution in [-0.2, 0) is 6.54 Å². The average molecular weight is 914 g/mol. The van der Waals surface area contributed by atoms with Crippen LogP contribution in [0, 0.1) is 0 Å². The summed E-state index contributed by atoms with van der Waals surface area (Å²) >= 11 is 1.83. The van der Waals surface area contributed by atoms with Crippen LogP contribution in [0.4, 0.5) is 0 Å². The van der Waals surface area contributed by atoms with E-state index in [1.165, 1.54) is 47.1 Å². The van der Waals surface area contributed by atoms with Crippen LogP contribution in [0.25, 0.3) is 119 Å². The van der Waals surface area contributed by atoms with E-state index < -0.39 is 0 Å². The van der Waals surface area contributed by atoms with Gasteiger partial charge in [-0.05, 0) is 104 Å². The highest BCUT2D eigenvalue weighted by Gasteiger charge is 2.21. The summed E-state index contributed by atoms with van der Waals surface area (Å²) in [6, 6.07) is 74.8. The molecule has 70 heavy (non-hydrogen) atoms. The van der Waals surface area contributed by atoms with Crippen LogP contribution in [0.5, 0.6) is 0 Å². The predicted molar refractivity (Wildman–Crippen MR) is 296 cm³/mol. The van der Waals surface area contributed by atoms with Crippen LogP contribution in [0.1, 0.15) is 16.7 Å². The smallest absolute Gasteiger partial charge is 0.161 e. The Labute approximate surface area is 405 Å². The SMILES string of the molecule is C=NC(=NC(=NCc1ccccc1)c1ccc2c3ccccc3c3ccccc3c2c1)c1cccc2oc3ccc(-c4cccc5oc6c(-c7ccc8c(c7)sc7ccccc78)cccc6c45)cc3c12. The lowest BCUT2D eigenvalue weighted by atomic mass is 9.93. The Hall–Kier alpha value is -8.97. The molecule has 0 saturated heterocycles. The largest absolute Gasteiger partial charge is 0.456 e. The highest BCUT2D eigenvalue weighted by molar-refractivity contribution is 7.25. The van der Waals surface area contributed by atoms with Crippen molar-refractivity contribution >= 4 is 126 Å². The minimum atomic E-state index is 0.444. The number of rotatable bonds is 6. The summed E-state index contributed by atoms with van der Waals surface area (Å²) < 4.78 is 15.9. The van der Waals surface area contributed by atoms with E-state index in [9.17, 15) is 0 Å². The van der Waals surface area contributed by atoms with E-state index in [0.717, 1.165) is 88.2 Å². The number of hydrogen-bond donors (Lipinski definition) is 0. The van der Waals surface area contributed by atoms with Crippen LogP contribution >= 0.6 is 11.3 Å². The molecule has 14 aromatic rings. The topological polar surface area (TPSA) is 63.4 Å². The van der Waals surface area contributed by atoms with Gasteiger partial charge >= 0.3 is 0 Å². The van der Waals surface area contributed by atoms with Gasteiger partial charge in [-0.2, -0.15) is 0 Å². The average Bonchev–Trinajstić information content (AvgIpc) is 4.12. The molecule has 0 bridgehead atoms. The number of thiophene rings is 1. The third-order valence-corrected chi connectivity index (χ3v) is 15.0. The van der Waals surface area contributed by atoms with Crippen LogP contribution < -0.4 is 0 Å². The predicted octanol–water partition coefficient (Wildman–Crippen LogP) is 17.7. The summed E-state index contributed by atoms with van der Waals surface area (Å²) in [5.41, 5.74) is 10.3. The van der Waals surface area contributed by atoms with E-state index >= 15 is 0 Å². The van der Waals surface area contributed by atoms with E-state index in [1.807, 2.05) is 47.7 Å². The summed E-state index contributed by atoms with van der Waals surface area (Å²) in [5.74, 6) is 1.02. The first-order valence-corrected chi connectivity index (χ1v) is 24.3. The number of aliphatic imine (C=N–C) groups is 3. The first-order chi connectivity index (χ1) is 34.6. The first-order valence-electron chi connectivity index (χ1n) is 23.4. The number of para-hydroxylation sites is 1. The molecule has 0 N–H and O–H groups in total. The summed E-state index contributed by atoms with van der Waals surface area (Å²) in [4.78, 5) is 15.2. The molecular formula is C64H39N3O2S. The van der Waals surface area contributed by atoms with E-state index in [0.29, 0.717) is 18.2 Å². The van der Waals surface area contributed by atoms with Gasteiger partial charge in [0.15, 0.2) is 11.7 Å². The fourth-order valence-corrected chi connectivity index (χ4v) is 11.8. The maximum absolute atomic E-state index is 6.80. The van der Waals surface area contributed by atoms with Crippen molar-refractivity contribution in [3.8, 4) is 22.3 Å². The monoisotopic (exact) mass is 913 g/mol. The minimum absolute atomic E-state index is 0.444. The Morgan fingerprint density at radius 3 is 1.83 bits per heavy atom. The third-order valence-electron chi connectivity index (χ3n) is 13.9. The number of benzene rings is 11. The summed E-state index contributed by atoms with van der Waals surface area (Å²) in [7, 11) is 0. The lowest BCUT2D eigenvalue weighted by Crippen LogP contribution is -2.06. The number of nitrogens with zero attached hydrogens (tertiary/aromatic N) is 3. The van der Waals surface area contributed by atoms with Crippen molar-refractivity contribution in [2.45, 2.75) is 6.54 Å². The second-order valence-corrected chi connectivity index (χ2v) is 18.9. The molecule has 0 aliphatic carbocycles. The van der Waals surface area contributed by atoms with E-state index in [2.05, 4.69) is 188 Å². The summed E-state index contributed by atoms with van der Waals surface area (Å²) in [5, 5.41) is 13.7. The fraction of sp³-hybridized carbons (Fsp3) is 0.0156. The Bertz CT molecular complexity index is 4500. The van der Waals surface area contributed by atoms with Gasteiger partial charge in [0.1, 0.15) is 22.3 Å². The van der Waals surface area contributed by atoms with Crippen molar-refractivity contribution in [2.24, 2.45) is 15.0 Å². The molecule has 0 unspecified atom stereocenters. The molecule has 5 nitrogen and oxygen atoms in total. The molecule has 3 heterocycles. The molecule has 0 aliphatic heterocycles. The van der Waals surface area contributed by atoms with Crippen molar-refractivity contribution in [1.82, 2.24) is 0 Å². The van der Waals surface area contributed by atoms with Gasteiger partial charge in [-0.1, -0.05) is 170 Å². The normalized spacial score (nSPS) is 12.6. The molecule has 0 spiro atoms. The molecule has 0 aliphatic rings. The molecule has 0 amide bonds.